The highest BCUT2D eigenvalue weighted by atomic mass is 19.1. The number of nitrogens with zero attached hydrogens (tertiary/aromatic N) is 2. The molecule has 0 aliphatic heterocycles. The minimum absolute atomic E-state index is 0.0353. The summed E-state index contributed by atoms with van der Waals surface area (Å²) in [6.45, 7) is 0. The van der Waals surface area contributed by atoms with Gasteiger partial charge >= 0.3 is 5.97 Å². The number of hydrogen-bond donors (Lipinski definition) is 1. The van der Waals surface area contributed by atoms with E-state index in [2.05, 4.69) is 5.10 Å². The van der Waals surface area contributed by atoms with Crippen LogP contribution in [0.1, 0.15) is 5.56 Å². The zero-order valence-electron chi connectivity index (χ0n) is 9.52. The standard InChI is InChI=1S/C12H10F2N2O2/c1-16-6-7(4-11(17)18)12(15-16)9-5-8(13)2-3-10(9)14/h2-3,5-6H,4H2,1H3,(H,17,18). The molecule has 0 aliphatic carbocycles. The van der Waals surface area contributed by atoms with Crippen molar-refractivity contribution in [3.05, 3.63) is 41.6 Å². The normalized spacial score (nSPS) is 10.6. The summed E-state index contributed by atoms with van der Waals surface area (Å²) in [6, 6.07) is 2.99. The van der Waals surface area contributed by atoms with Crippen LogP contribution in [0.5, 0.6) is 0 Å². The van der Waals surface area contributed by atoms with E-state index in [4.69, 9.17) is 5.11 Å². The topological polar surface area (TPSA) is 55.1 Å². The second-order valence-corrected chi connectivity index (χ2v) is 3.87. The third-order valence-corrected chi connectivity index (χ3v) is 2.43. The zero-order chi connectivity index (χ0) is 13.3. The number of aryl methyl sites for hydroxylation is 1. The third-order valence-electron chi connectivity index (χ3n) is 2.43. The summed E-state index contributed by atoms with van der Waals surface area (Å²) in [6.07, 6.45) is 1.19. The van der Waals surface area contributed by atoms with Crippen molar-refractivity contribution in [2.75, 3.05) is 0 Å². The van der Waals surface area contributed by atoms with Crippen molar-refractivity contribution < 1.29 is 18.7 Å². The molecule has 0 spiro atoms. The van der Waals surface area contributed by atoms with Crippen molar-refractivity contribution >= 4 is 5.97 Å². The fraction of sp³-hybridized carbons (Fsp3) is 0.167. The fourth-order valence-electron chi connectivity index (χ4n) is 1.74. The van der Waals surface area contributed by atoms with Gasteiger partial charge in [0.2, 0.25) is 0 Å². The van der Waals surface area contributed by atoms with E-state index in [1.165, 1.54) is 10.9 Å². The van der Waals surface area contributed by atoms with E-state index in [-0.39, 0.29) is 17.7 Å². The smallest absolute Gasteiger partial charge is 0.307 e. The van der Waals surface area contributed by atoms with E-state index in [9.17, 15) is 13.6 Å². The van der Waals surface area contributed by atoms with Gasteiger partial charge < -0.3 is 5.11 Å². The minimum Gasteiger partial charge on any atom is -0.481 e. The molecule has 94 valence electrons. The number of halogens is 2. The van der Waals surface area contributed by atoms with Crippen molar-refractivity contribution in [2.45, 2.75) is 6.42 Å². The lowest BCUT2D eigenvalue weighted by Crippen LogP contribution is -2.01. The molecular weight excluding hydrogens is 242 g/mol. The first-order chi connectivity index (χ1) is 8.47. The van der Waals surface area contributed by atoms with Gasteiger partial charge in [-0.25, -0.2) is 8.78 Å². The molecule has 1 N–H and O–H groups in total. The van der Waals surface area contributed by atoms with Gasteiger partial charge in [-0.3, -0.25) is 9.48 Å². The second kappa shape index (κ2) is 4.56. The molecule has 0 bridgehead atoms. The molecule has 1 heterocycles. The predicted molar refractivity (Wildman–Crippen MR) is 59.9 cm³/mol. The molecule has 18 heavy (non-hydrogen) atoms. The molecule has 2 aromatic rings. The number of carboxylic acid groups (broad SMARTS) is 1. The molecule has 0 saturated heterocycles. The predicted octanol–water partition coefficient (Wildman–Crippen LogP) is 1.99. The average Bonchev–Trinajstić information content (AvgIpc) is 2.62. The van der Waals surface area contributed by atoms with Gasteiger partial charge in [-0.2, -0.15) is 5.10 Å². The number of aromatic nitrogens is 2. The Bertz CT molecular complexity index is 608. The van der Waals surface area contributed by atoms with E-state index in [1.807, 2.05) is 0 Å². The first kappa shape index (κ1) is 12.2. The first-order valence-electron chi connectivity index (χ1n) is 5.17. The SMILES string of the molecule is Cn1cc(CC(=O)O)c(-c2cc(F)ccc2F)n1. The maximum atomic E-state index is 13.6. The van der Waals surface area contributed by atoms with Gasteiger partial charge in [-0.15, -0.1) is 0 Å². The Morgan fingerprint density at radius 2 is 2.17 bits per heavy atom. The van der Waals surface area contributed by atoms with E-state index in [0.717, 1.165) is 18.2 Å². The van der Waals surface area contributed by atoms with Gasteiger partial charge in [0.1, 0.15) is 11.6 Å². The van der Waals surface area contributed by atoms with E-state index < -0.39 is 17.6 Å². The molecular formula is C12H10F2N2O2. The monoisotopic (exact) mass is 252 g/mol. The second-order valence-electron chi connectivity index (χ2n) is 3.87. The number of benzene rings is 1. The Morgan fingerprint density at radius 1 is 1.44 bits per heavy atom. The molecule has 0 saturated carbocycles. The summed E-state index contributed by atoms with van der Waals surface area (Å²) in [4.78, 5) is 10.7. The highest BCUT2D eigenvalue weighted by Gasteiger charge is 2.16. The molecule has 0 aliphatic rings. The van der Waals surface area contributed by atoms with Crippen molar-refractivity contribution in [2.24, 2.45) is 7.05 Å². The summed E-state index contributed by atoms with van der Waals surface area (Å²) in [5.41, 5.74) is 0.457. The Morgan fingerprint density at radius 3 is 2.83 bits per heavy atom. The van der Waals surface area contributed by atoms with E-state index in [1.54, 1.807) is 7.05 Å². The van der Waals surface area contributed by atoms with Crippen molar-refractivity contribution in [1.29, 1.82) is 0 Å². The molecule has 6 heteroatoms. The molecule has 1 aromatic carbocycles. The highest BCUT2D eigenvalue weighted by Crippen LogP contribution is 2.26. The first-order valence-corrected chi connectivity index (χ1v) is 5.17. The third kappa shape index (κ3) is 2.37. The number of rotatable bonds is 3. The molecule has 0 radical (unpaired) electrons. The van der Waals surface area contributed by atoms with Crippen molar-refractivity contribution in [3.63, 3.8) is 0 Å². The number of carboxylic acids is 1. The summed E-state index contributed by atoms with van der Waals surface area (Å²) in [7, 11) is 1.59. The lowest BCUT2D eigenvalue weighted by atomic mass is 10.1. The van der Waals surface area contributed by atoms with Crippen molar-refractivity contribution in [3.8, 4) is 11.3 Å². The van der Waals surface area contributed by atoms with Gasteiger partial charge in [-0.1, -0.05) is 0 Å². The number of aliphatic carboxylic acids is 1. The van der Waals surface area contributed by atoms with Crippen LogP contribution in [-0.4, -0.2) is 20.9 Å². The summed E-state index contributed by atoms with van der Waals surface area (Å²) < 4.78 is 28.1. The molecule has 0 amide bonds. The summed E-state index contributed by atoms with van der Waals surface area (Å²) >= 11 is 0. The van der Waals surface area contributed by atoms with Crippen LogP contribution in [0.4, 0.5) is 8.78 Å². The van der Waals surface area contributed by atoms with Gasteiger partial charge in [0.25, 0.3) is 0 Å². The molecule has 0 atom stereocenters. The summed E-state index contributed by atoms with van der Waals surface area (Å²) in [5, 5.41) is 12.7. The van der Waals surface area contributed by atoms with Crippen LogP contribution in [0, 0.1) is 11.6 Å². The maximum absolute atomic E-state index is 13.6. The fourth-order valence-corrected chi connectivity index (χ4v) is 1.74. The van der Waals surface area contributed by atoms with Crippen LogP contribution >= 0.6 is 0 Å². The molecule has 0 fully saturated rings. The van der Waals surface area contributed by atoms with Crippen molar-refractivity contribution in [1.82, 2.24) is 9.78 Å². The summed E-state index contributed by atoms with van der Waals surface area (Å²) in [5.74, 6) is -2.29. The Labute approximate surface area is 101 Å². The van der Waals surface area contributed by atoms with Crippen LogP contribution in [0.25, 0.3) is 11.3 Å². The highest BCUT2D eigenvalue weighted by molar-refractivity contribution is 5.75. The van der Waals surface area contributed by atoms with Gasteiger partial charge in [-0.05, 0) is 18.2 Å². The molecule has 4 nitrogen and oxygen atoms in total. The Balaban J connectivity index is 2.55. The van der Waals surface area contributed by atoms with Gasteiger partial charge in [0, 0.05) is 24.4 Å². The average molecular weight is 252 g/mol. The van der Waals surface area contributed by atoms with Crippen LogP contribution < -0.4 is 0 Å². The van der Waals surface area contributed by atoms with Crippen LogP contribution in [0.3, 0.4) is 0 Å². The zero-order valence-corrected chi connectivity index (χ0v) is 9.52. The van der Waals surface area contributed by atoms with E-state index in [0.29, 0.717) is 5.56 Å². The molecule has 0 unspecified atom stereocenters. The van der Waals surface area contributed by atoms with Gasteiger partial charge in [0.05, 0.1) is 12.1 Å². The molecule has 1 aromatic heterocycles. The Kier molecular flexibility index (Phi) is 3.10. The number of hydrogen-bond acceptors (Lipinski definition) is 2. The quantitative estimate of drug-likeness (QED) is 0.908. The molecule has 2 rings (SSSR count). The van der Waals surface area contributed by atoms with Gasteiger partial charge in [0.15, 0.2) is 0 Å². The Hall–Kier alpha value is -2.24. The lowest BCUT2D eigenvalue weighted by molar-refractivity contribution is -0.136. The van der Waals surface area contributed by atoms with Crippen LogP contribution in [0.2, 0.25) is 0 Å². The largest absolute Gasteiger partial charge is 0.481 e. The van der Waals surface area contributed by atoms with E-state index >= 15 is 0 Å². The maximum Gasteiger partial charge on any atom is 0.307 e. The number of carbonyl (C=O) groups is 1. The lowest BCUT2D eigenvalue weighted by Gasteiger charge is -2.02. The minimum atomic E-state index is -1.05. The van der Waals surface area contributed by atoms with Crippen LogP contribution in [-0.2, 0) is 18.3 Å². The van der Waals surface area contributed by atoms with Crippen LogP contribution in [0.15, 0.2) is 24.4 Å².